The Kier molecular flexibility index (Phi) is 4.50. The molecule has 1 fully saturated rings. The van der Waals surface area contributed by atoms with Crippen molar-refractivity contribution in [2.24, 2.45) is 0 Å². The van der Waals surface area contributed by atoms with Gasteiger partial charge in [0, 0.05) is 32.4 Å². The minimum Gasteiger partial charge on any atom is -0.373 e. The van der Waals surface area contributed by atoms with Gasteiger partial charge in [0.15, 0.2) is 0 Å². The highest BCUT2D eigenvalue weighted by Gasteiger charge is 2.22. The fraction of sp³-hybridized carbons (Fsp3) is 0.500. The molecule has 4 rings (SSSR count). The van der Waals surface area contributed by atoms with Gasteiger partial charge in [-0.1, -0.05) is 17.3 Å². The van der Waals surface area contributed by atoms with E-state index in [1.165, 1.54) is 0 Å². The second kappa shape index (κ2) is 6.93. The minimum atomic E-state index is 0.272. The maximum Gasteiger partial charge on any atom is 0.0967 e. The number of morpholine rings is 1. The molecule has 0 bridgehead atoms. The minimum absolute atomic E-state index is 0.272. The predicted octanol–water partition coefficient (Wildman–Crippen LogP) is 1.94. The topological polar surface area (TPSA) is 61.0 Å². The van der Waals surface area contributed by atoms with E-state index in [1.54, 1.807) is 0 Å². The first-order valence-electron chi connectivity index (χ1n) is 8.84. The van der Waals surface area contributed by atoms with E-state index in [1.807, 2.05) is 35.4 Å². The molecule has 1 aliphatic heterocycles. The summed E-state index contributed by atoms with van der Waals surface area (Å²) in [6.07, 6.45) is 4.48. The van der Waals surface area contributed by atoms with Crippen molar-refractivity contribution in [1.29, 1.82) is 0 Å². The molecule has 7 nitrogen and oxygen atoms in total. The van der Waals surface area contributed by atoms with Gasteiger partial charge in [-0.3, -0.25) is 9.58 Å². The van der Waals surface area contributed by atoms with Crippen LogP contribution in [0.3, 0.4) is 0 Å². The van der Waals surface area contributed by atoms with E-state index in [-0.39, 0.29) is 12.2 Å². The number of rotatable bonds is 5. The zero-order valence-electron chi connectivity index (χ0n) is 14.7. The smallest absolute Gasteiger partial charge is 0.0967 e. The van der Waals surface area contributed by atoms with Gasteiger partial charge in [-0.25, -0.2) is 4.98 Å². The second-order valence-corrected chi connectivity index (χ2v) is 6.85. The first-order chi connectivity index (χ1) is 12.2. The summed E-state index contributed by atoms with van der Waals surface area (Å²) in [5, 5.41) is 8.60. The van der Waals surface area contributed by atoms with Crippen LogP contribution in [0, 0.1) is 0 Å². The molecule has 1 aliphatic rings. The van der Waals surface area contributed by atoms with Gasteiger partial charge < -0.3 is 9.30 Å². The zero-order valence-corrected chi connectivity index (χ0v) is 14.7. The summed E-state index contributed by atoms with van der Waals surface area (Å²) < 4.78 is 9.85. The number of hydrogen-bond donors (Lipinski definition) is 0. The van der Waals surface area contributed by atoms with Gasteiger partial charge in [0.1, 0.15) is 0 Å². The van der Waals surface area contributed by atoms with Gasteiger partial charge in [-0.15, -0.1) is 5.10 Å². The first kappa shape index (κ1) is 16.2. The predicted molar refractivity (Wildman–Crippen MR) is 95.0 cm³/mol. The van der Waals surface area contributed by atoms with Crippen LogP contribution in [0.5, 0.6) is 0 Å². The second-order valence-electron chi connectivity index (χ2n) is 6.85. The van der Waals surface area contributed by atoms with Gasteiger partial charge in [-0.2, -0.15) is 0 Å². The number of aryl methyl sites for hydroxylation is 2. The fourth-order valence-corrected chi connectivity index (χ4v) is 3.56. The molecular formula is C18H24N6O. The van der Waals surface area contributed by atoms with Crippen molar-refractivity contribution in [3.8, 4) is 0 Å². The monoisotopic (exact) mass is 340 g/mol. The van der Waals surface area contributed by atoms with Gasteiger partial charge >= 0.3 is 0 Å². The quantitative estimate of drug-likeness (QED) is 0.710. The SMILES string of the molecule is C[C@@H]1CN(Cc2cn(CCn3cnc4ccccc43)nn2)C[C@H](C)O1. The molecule has 3 aromatic rings. The van der Waals surface area contributed by atoms with E-state index < -0.39 is 0 Å². The maximum absolute atomic E-state index is 5.78. The van der Waals surface area contributed by atoms with Crippen molar-refractivity contribution < 1.29 is 4.74 Å². The van der Waals surface area contributed by atoms with Crippen LogP contribution in [0.15, 0.2) is 36.8 Å². The summed E-state index contributed by atoms with van der Waals surface area (Å²) in [4.78, 5) is 6.81. The summed E-state index contributed by atoms with van der Waals surface area (Å²) in [5.41, 5.74) is 3.19. The van der Waals surface area contributed by atoms with Crippen LogP contribution in [-0.2, 0) is 24.4 Å². The summed E-state index contributed by atoms with van der Waals surface area (Å²) in [5.74, 6) is 0. The Bertz CT molecular complexity index is 831. The highest BCUT2D eigenvalue weighted by atomic mass is 16.5. The largest absolute Gasteiger partial charge is 0.373 e. The molecule has 0 amide bonds. The normalized spacial score (nSPS) is 21.8. The van der Waals surface area contributed by atoms with Crippen LogP contribution in [0.4, 0.5) is 0 Å². The zero-order chi connectivity index (χ0) is 17.2. The molecule has 0 unspecified atom stereocenters. The average Bonchev–Trinajstić information content (AvgIpc) is 3.19. The third kappa shape index (κ3) is 3.72. The van der Waals surface area contributed by atoms with Crippen molar-refractivity contribution in [2.75, 3.05) is 13.1 Å². The Labute approximate surface area is 147 Å². The molecule has 132 valence electrons. The number of fused-ring (bicyclic) bond motifs is 1. The molecule has 0 radical (unpaired) electrons. The lowest BCUT2D eigenvalue weighted by Crippen LogP contribution is -2.44. The van der Waals surface area contributed by atoms with E-state index in [4.69, 9.17) is 4.74 Å². The number of benzene rings is 1. The molecule has 0 spiro atoms. The molecular weight excluding hydrogens is 316 g/mol. The van der Waals surface area contributed by atoms with Crippen LogP contribution in [0.25, 0.3) is 11.0 Å². The Hall–Kier alpha value is -2.25. The van der Waals surface area contributed by atoms with Gasteiger partial charge in [0.05, 0.1) is 41.8 Å². The standard InChI is InChI=1S/C18H24N6O/c1-14-9-22(10-15(2)25-14)11-16-12-24(21-20-16)8-7-23-13-19-17-5-3-4-6-18(17)23/h3-6,12-15H,7-11H2,1-2H3/t14-,15+. The van der Waals surface area contributed by atoms with E-state index in [0.29, 0.717) is 0 Å². The number of hydrogen-bond acceptors (Lipinski definition) is 5. The molecule has 1 aromatic carbocycles. The Morgan fingerprint density at radius 1 is 1.12 bits per heavy atom. The average molecular weight is 340 g/mol. The van der Waals surface area contributed by atoms with Crippen molar-refractivity contribution in [2.45, 2.75) is 45.7 Å². The fourth-order valence-electron chi connectivity index (χ4n) is 3.56. The van der Waals surface area contributed by atoms with Crippen LogP contribution >= 0.6 is 0 Å². The summed E-state index contributed by atoms with van der Waals surface area (Å²) in [7, 11) is 0. The third-order valence-electron chi connectivity index (χ3n) is 4.56. The van der Waals surface area contributed by atoms with Crippen LogP contribution in [0.2, 0.25) is 0 Å². The number of nitrogens with zero attached hydrogens (tertiary/aromatic N) is 6. The maximum atomic E-state index is 5.78. The summed E-state index contributed by atoms with van der Waals surface area (Å²) in [6, 6.07) is 8.18. The number of ether oxygens (including phenoxy) is 1. The van der Waals surface area contributed by atoms with Crippen LogP contribution in [0.1, 0.15) is 19.5 Å². The van der Waals surface area contributed by atoms with Gasteiger partial charge in [0.2, 0.25) is 0 Å². The molecule has 2 aromatic heterocycles. The lowest BCUT2D eigenvalue weighted by Gasteiger charge is -2.34. The van der Waals surface area contributed by atoms with E-state index >= 15 is 0 Å². The lowest BCUT2D eigenvalue weighted by molar-refractivity contribution is -0.0707. The van der Waals surface area contributed by atoms with Crippen molar-refractivity contribution in [3.63, 3.8) is 0 Å². The van der Waals surface area contributed by atoms with Crippen molar-refractivity contribution >= 4 is 11.0 Å². The molecule has 2 atom stereocenters. The number of imidazole rings is 1. The number of aromatic nitrogens is 5. The van der Waals surface area contributed by atoms with Gasteiger partial charge in [0.25, 0.3) is 0 Å². The van der Waals surface area contributed by atoms with E-state index in [9.17, 15) is 0 Å². The molecule has 0 aliphatic carbocycles. The van der Waals surface area contributed by atoms with E-state index in [2.05, 4.69) is 44.7 Å². The Morgan fingerprint density at radius 2 is 1.92 bits per heavy atom. The lowest BCUT2D eigenvalue weighted by atomic mass is 10.2. The summed E-state index contributed by atoms with van der Waals surface area (Å²) in [6.45, 7) is 8.56. The van der Waals surface area contributed by atoms with Crippen LogP contribution in [-0.4, -0.2) is 54.7 Å². The molecule has 25 heavy (non-hydrogen) atoms. The van der Waals surface area contributed by atoms with Crippen molar-refractivity contribution in [1.82, 2.24) is 29.4 Å². The van der Waals surface area contributed by atoms with E-state index in [0.717, 1.165) is 49.5 Å². The molecule has 1 saturated heterocycles. The van der Waals surface area contributed by atoms with Crippen molar-refractivity contribution in [3.05, 3.63) is 42.5 Å². The summed E-state index contributed by atoms with van der Waals surface area (Å²) >= 11 is 0. The number of para-hydroxylation sites is 2. The van der Waals surface area contributed by atoms with Gasteiger partial charge in [-0.05, 0) is 26.0 Å². The molecule has 7 heteroatoms. The Morgan fingerprint density at radius 3 is 2.76 bits per heavy atom. The molecule has 3 heterocycles. The third-order valence-corrected chi connectivity index (χ3v) is 4.56. The molecule has 0 N–H and O–H groups in total. The highest BCUT2D eigenvalue weighted by molar-refractivity contribution is 5.74. The highest BCUT2D eigenvalue weighted by Crippen LogP contribution is 2.14. The molecule has 0 saturated carbocycles. The first-order valence-corrected chi connectivity index (χ1v) is 8.84. The Balaban J connectivity index is 1.37. The van der Waals surface area contributed by atoms with Crippen LogP contribution < -0.4 is 0 Å².